The number of rotatable bonds is 7. The third-order valence-electron chi connectivity index (χ3n) is 5.16. The molecule has 1 N–H and O–H groups in total. The lowest BCUT2D eigenvalue weighted by Crippen LogP contribution is -2.32. The number of aliphatic hydroxyl groups is 1. The number of benzene rings is 2. The topological polar surface area (TPSA) is 70.1 Å². The summed E-state index contributed by atoms with van der Waals surface area (Å²) in [6.45, 7) is 1.15. The van der Waals surface area contributed by atoms with Gasteiger partial charge < -0.3 is 19.6 Å². The number of methoxy groups -OCH3 is 1. The smallest absolute Gasteiger partial charge is 0.295 e. The molecule has 1 saturated heterocycles. The fraction of sp³-hybridized carbons (Fsp3) is 0.304. The average Bonchev–Trinajstić information content (AvgIpc) is 2.98. The minimum absolute atomic E-state index is 0.0641. The number of likely N-dealkylation sites (tertiary alicyclic amines) is 1. The van der Waals surface area contributed by atoms with E-state index < -0.39 is 17.7 Å². The highest BCUT2D eigenvalue weighted by Gasteiger charge is 2.45. The third kappa shape index (κ3) is 4.95. The first-order chi connectivity index (χ1) is 14.7. The second kappa shape index (κ2) is 9.85. The molecular formula is C23H24BrClN2O4. The van der Waals surface area contributed by atoms with E-state index in [1.807, 2.05) is 19.0 Å². The molecule has 164 valence electrons. The van der Waals surface area contributed by atoms with Gasteiger partial charge in [-0.3, -0.25) is 9.59 Å². The summed E-state index contributed by atoms with van der Waals surface area (Å²) in [4.78, 5) is 29.5. The molecule has 6 nitrogen and oxygen atoms in total. The van der Waals surface area contributed by atoms with Crippen molar-refractivity contribution in [3.8, 4) is 5.75 Å². The summed E-state index contributed by atoms with van der Waals surface area (Å²) in [6, 6.07) is 11.3. The van der Waals surface area contributed by atoms with Crippen molar-refractivity contribution in [3.63, 3.8) is 0 Å². The van der Waals surface area contributed by atoms with Gasteiger partial charge in [-0.2, -0.15) is 0 Å². The monoisotopic (exact) mass is 506 g/mol. The van der Waals surface area contributed by atoms with E-state index in [4.69, 9.17) is 16.3 Å². The minimum Gasteiger partial charge on any atom is -0.507 e. The van der Waals surface area contributed by atoms with Gasteiger partial charge in [-0.1, -0.05) is 23.7 Å². The zero-order valence-corrected chi connectivity index (χ0v) is 19.9. The van der Waals surface area contributed by atoms with E-state index in [9.17, 15) is 14.7 Å². The third-order valence-corrected chi connectivity index (χ3v) is 6.03. The van der Waals surface area contributed by atoms with Gasteiger partial charge in [0.25, 0.3) is 11.7 Å². The lowest BCUT2D eigenvalue weighted by atomic mass is 9.95. The number of hydrogen-bond donors (Lipinski definition) is 1. The predicted molar refractivity (Wildman–Crippen MR) is 124 cm³/mol. The first-order valence-electron chi connectivity index (χ1n) is 9.77. The molecule has 1 aliphatic rings. The van der Waals surface area contributed by atoms with E-state index in [0.29, 0.717) is 39.3 Å². The molecule has 0 saturated carbocycles. The van der Waals surface area contributed by atoms with Crippen LogP contribution >= 0.6 is 27.5 Å². The predicted octanol–water partition coefficient (Wildman–Crippen LogP) is 4.48. The second-order valence-electron chi connectivity index (χ2n) is 7.55. The van der Waals surface area contributed by atoms with Crippen LogP contribution < -0.4 is 4.74 Å². The number of carbonyl (C=O) groups excluding carboxylic acids is 2. The van der Waals surface area contributed by atoms with Gasteiger partial charge in [0, 0.05) is 17.1 Å². The Morgan fingerprint density at radius 3 is 2.45 bits per heavy atom. The Labute approximate surface area is 195 Å². The highest BCUT2D eigenvalue weighted by Crippen LogP contribution is 2.40. The van der Waals surface area contributed by atoms with Crippen molar-refractivity contribution in [3.05, 3.63) is 68.7 Å². The SMILES string of the molecule is COc1ccc(/C(O)=C2/C(=O)C(=O)N(CCCN(C)C)C2c2ccc(Cl)cc2)cc1Br. The molecule has 0 bridgehead atoms. The van der Waals surface area contributed by atoms with Crippen LogP contribution in [0.1, 0.15) is 23.6 Å². The lowest BCUT2D eigenvalue weighted by Gasteiger charge is -2.26. The van der Waals surface area contributed by atoms with E-state index >= 15 is 0 Å². The van der Waals surface area contributed by atoms with E-state index in [1.165, 1.54) is 4.90 Å². The van der Waals surface area contributed by atoms with Gasteiger partial charge in [0.05, 0.1) is 23.2 Å². The number of ether oxygens (including phenoxy) is 1. The number of Topliss-reactive ketones (excluding diaryl/α,β-unsaturated/α-hetero) is 1. The second-order valence-corrected chi connectivity index (χ2v) is 8.84. The van der Waals surface area contributed by atoms with Crippen LogP contribution in [0.5, 0.6) is 5.75 Å². The molecule has 1 aliphatic heterocycles. The van der Waals surface area contributed by atoms with E-state index in [0.717, 1.165) is 6.54 Å². The molecule has 2 aromatic rings. The van der Waals surface area contributed by atoms with E-state index in [2.05, 4.69) is 15.9 Å². The first kappa shape index (κ1) is 23.3. The Morgan fingerprint density at radius 1 is 1.19 bits per heavy atom. The molecule has 1 amide bonds. The highest BCUT2D eigenvalue weighted by molar-refractivity contribution is 9.10. The van der Waals surface area contributed by atoms with Crippen molar-refractivity contribution in [1.29, 1.82) is 0 Å². The molecule has 0 radical (unpaired) electrons. The van der Waals surface area contributed by atoms with Crippen molar-refractivity contribution in [2.75, 3.05) is 34.3 Å². The molecule has 31 heavy (non-hydrogen) atoms. The number of nitrogens with zero attached hydrogens (tertiary/aromatic N) is 2. The Hall–Kier alpha value is -2.35. The summed E-state index contributed by atoms with van der Waals surface area (Å²) in [5, 5.41) is 11.6. The highest BCUT2D eigenvalue weighted by atomic mass is 79.9. The summed E-state index contributed by atoms with van der Waals surface area (Å²) in [7, 11) is 5.44. The van der Waals surface area contributed by atoms with Gasteiger partial charge in [-0.05, 0) is 78.9 Å². The molecule has 1 atom stereocenters. The van der Waals surface area contributed by atoms with Gasteiger partial charge in [0.15, 0.2) is 0 Å². The maximum Gasteiger partial charge on any atom is 0.295 e. The van der Waals surface area contributed by atoms with Crippen LogP contribution in [-0.2, 0) is 9.59 Å². The van der Waals surface area contributed by atoms with Crippen molar-refractivity contribution in [2.45, 2.75) is 12.5 Å². The number of ketones is 1. The van der Waals surface area contributed by atoms with E-state index in [1.54, 1.807) is 49.6 Å². The van der Waals surface area contributed by atoms with Crippen LogP contribution in [0.2, 0.25) is 5.02 Å². The average molecular weight is 508 g/mol. The summed E-state index contributed by atoms with van der Waals surface area (Å²) in [6.07, 6.45) is 0.693. The van der Waals surface area contributed by atoms with Gasteiger partial charge in [-0.15, -0.1) is 0 Å². The molecule has 0 aromatic heterocycles. The van der Waals surface area contributed by atoms with Crippen LogP contribution in [0.4, 0.5) is 0 Å². The summed E-state index contributed by atoms with van der Waals surface area (Å²) >= 11 is 9.44. The fourth-order valence-electron chi connectivity index (χ4n) is 3.63. The molecule has 3 rings (SSSR count). The largest absolute Gasteiger partial charge is 0.507 e. The molecule has 1 unspecified atom stereocenters. The van der Waals surface area contributed by atoms with Crippen LogP contribution in [0.25, 0.3) is 5.76 Å². The molecule has 1 heterocycles. The molecule has 0 spiro atoms. The zero-order valence-electron chi connectivity index (χ0n) is 17.6. The van der Waals surface area contributed by atoms with Crippen molar-refractivity contribution in [2.24, 2.45) is 0 Å². The minimum atomic E-state index is -0.700. The molecule has 2 aromatic carbocycles. The van der Waals surface area contributed by atoms with Crippen LogP contribution in [-0.4, -0.2) is 60.9 Å². The molecule has 0 aliphatic carbocycles. The number of carbonyl (C=O) groups is 2. The van der Waals surface area contributed by atoms with Crippen molar-refractivity contribution >= 4 is 45.0 Å². The standard InChI is InChI=1S/C23H24BrClN2O4/c1-26(2)11-4-12-27-20(14-5-8-16(25)9-6-14)19(22(29)23(27)30)21(28)15-7-10-18(31-3)17(24)13-15/h5-10,13,20,28H,4,11-12H2,1-3H3/b21-19-. The number of halogens is 2. The summed E-state index contributed by atoms with van der Waals surface area (Å²) in [5.74, 6) is -0.950. The van der Waals surface area contributed by atoms with Gasteiger partial charge in [0.1, 0.15) is 11.5 Å². The van der Waals surface area contributed by atoms with Gasteiger partial charge >= 0.3 is 0 Å². The normalized spacial score (nSPS) is 18.1. The van der Waals surface area contributed by atoms with Crippen LogP contribution in [0.3, 0.4) is 0 Å². The Bertz CT molecular complexity index is 1020. The van der Waals surface area contributed by atoms with Crippen molar-refractivity contribution < 1.29 is 19.4 Å². The van der Waals surface area contributed by atoms with Crippen LogP contribution in [0.15, 0.2) is 52.5 Å². The molecule has 8 heteroatoms. The van der Waals surface area contributed by atoms with Crippen molar-refractivity contribution in [1.82, 2.24) is 9.80 Å². The lowest BCUT2D eigenvalue weighted by molar-refractivity contribution is -0.139. The number of amides is 1. The zero-order chi connectivity index (χ0) is 22.7. The van der Waals surface area contributed by atoms with E-state index in [-0.39, 0.29) is 11.3 Å². The number of hydrogen-bond acceptors (Lipinski definition) is 5. The Kier molecular flexibility index (Phi) is 7.41. The molecular weight excluding hydrogens is 484 g/mol. The summed E-state index contributed by atoms with van der Waals surface area (Å²) in [5.41, 5.74) is 1.19. The first-order valence-corrected chi connectivity index (χ1v) is 10.9. The summed E-state index contributed by atoms with van der Waals surface area (Å²) < 4.78 is 5.86. The van der Waals surface area contributed by atoms with Gasteiger partial charge in [0.2, 0.25) is 0 Å². The fourth-order valence-corrected chi connectivity index (χ4v) is 4.30. The van der Waals surface area contributed by atoms with Crippen LogP contribution in [0, 0.1) is 0 Å². The van der Waals surface area contributed by atoms with Gasteiger partial charge in [-0.25, -0.2) is 0 Å². The Balaban J connectivity index is 2.10. The Morgan fingerprint density at radius 2 is 1.87 bits per heavy atom. The number of aliphatic hydroxyl groups excluding tert-OH is 1. The maximum atomic E-state index is 13.0. The maximum absolute atomic E-state index is 13.0. The quantitative estimate of drug-likeness (QED) is 0.340. The molecule has 1 fully saturated rings.